The van der Waals surface area contributed by atoms with E-state index in [2.05, 4.69) is 20.9 Å². The number of aromatic nitrogens is 3. The number of hydrogen-bond acceptors (Lipinski definition) is 4. The van der Waals surface area contributed by atoms with Crippen LogP contribution in [0.5, 0.6) is 0 Å². The normalized spacial score (nSPS) is 11.7. The lowest BCUT2D eigenvalue weighted by Crippen LogP contribution is -2.32. The van der Waals surface area contributed by atoms with Gasteiger partial charge in [0, 0.05) is 37.6 Å². The number of benzene rings is 1. The second kappa shape index (κ2) is 8.46. The molecular weight excluding hydrogens is 332 g/mol. The fourth-order valence-electron chi connectivity index (χ4n) is 2.35. The van der Waals surface area contributed by atoms with Crippen molar-refractivity contribution in [2.24, 2.45) is 7.05 Å². The Labute approximate surface area is 153 Å². The third kappa shape index (κ3) is 5.05. The molecule has 0 bridgehead atoms. The van der Waals surface area contributed by atoms with Gasteiger partial charge in [0.15, 0.2) is 0 Å². The highest BCUT2D eigenvalue weighted by Crippen LogP contribution is 2.17. The molecule has 0 aliphatic heterocycles. The van der Waals surface area contributed by atoms with Crippen LogP contribution in [0.25, 0.3) is 0 Å². The molecule has 3 amide bonds. The lowest BCUT2D eigenvalue weighted by Gasteiger charge is -2.18. The Bertz CT molecular complexity index is 786. The molecular formula is C18H26N6O2. The lowest BCUT2D eigenvalue weighted by atomic mass is 10.1. The van der Waals surface area contributed by atoms with E-state index in [0.29, 0.717) is 23.5 Å². The average Bonchev–Trinajstić information content (AvgIpc) is 3.01. The summed E-state index contributed by atoms with van der Waals surface area (Å²) < 4.78 is 1.59. The van der Waals surface area contributed by atoms with Crippen molar-refractivity contribution in [2.45, 2.75) is 39.8 Å². The van der Waals surface area contributed by atoms with Gasteiger partial charge in [-0.2, -0.15) is 0 Å². The number of aryl methyl sites for hydroxylation is 2. The highest BCUT2D eigenvalue weighted by Gasteiger charge is 2.14. The van der Waals surface area contributed by atoms with Crippen molar-refractivity contribution in [3.63, 3.8) is 0 Å². The van der Waals surface area contributed by atoms with Gasteiger partial charge in [-0.05, 0) is 44.0 Å². The molecule has 2 rings (SSSR count). The van der Waals surface area contributed by atoms with Crippen LogP contribution in [0.2, 0.25) is 0 Å². The number of carbonyl (C=O) groups is 2. The van der Waals surface area contributed by atoms with Crippen molar-refractivity contribution >= 4 is 17.6 Å². The van der Waals surface area contributed by atoms with Crippen molar-refractivity contribution in [2.75, 3.05) is 12.4 Å². The van der Waals surface area contributed by atoms with Crippen LogP contribution in [-0.4, -0.2) is 44.9 Å². The lowest BCUT2D eigenvalue weighted by molar-refractivity contribution is 0.0939. The van der Waals surface area contributed by atoms with Crippen LogP contribution < -0.4 is 10.6 Å². The Balaban J connectivity index is 2.00. The highest BCUT2D eigenvalue weighted by molar-refractivity contribution is 5.96. The van der Waals surface area contributed by atoms with Crippen molar-refractivity contribution < 1.29 is 9.59 Å². The summed E-state index contributed by atoms with van der Waals surface area (Å²) >= 11 is 0. The molecule has 1 atom stereocenters. The van der Waals surface area contributed by atoms with Crippen LogP contribution in [0.4, 0.5) is 10.5 Å². The second-order valence-corrected chi connectivity index (χ2v) is 6.48. The van der Waals surface area contributed by atoms with Crippen LogP contribution in [0.15, 0.2) is 24.4 Å². The van der Waals surface area contributed by atoms with Gasteiger partial charge < -0.3 is 15.5 Å². The summed E-state index contributed by atoms with van der Waals surface area (Å²) in [6, 6.07) is 5.10. The van der Waals surface area contributed by atoms with Crippen LogP contribution >= 0.6 is 0 Å². The molecule has 0 radical (unpaired) electrons. The Morgan fingerprint density at radius 1 is 1.35 bits per heavy atom. The quantitative estimate of drug-likeness (QED) is 0.829. The van der Waals surface area contributed by atoms with E-state index < -0.39 is 0 Å². The average molecular weight is 358 g/mol. The zero-order valence-corrected chi connectivity index (χ0v) is 15.9. The van der Waals surface area contributed by atoms with Gasteiger partial charge in [0.1, 0.15) is 5.69 Å². The van der Waals surface area contributed by atoms with E-state index in [4.69, 9.17) is 0 Å². The summed E-state index contributed by atoms with van der Waals surface area (Å²) in [4.78, 5) is 26.1. The number of carbonyl (C=O) groups excluding carboxylic acids is 2. The van der Waals surface area contributed by atoms with E-state index in [-0.39, 0.29) is 18.0 Å². The molecule has 1 heterocycles. The number of hydrogen-bond donors (Lipinski definition) is 2. The maximum absolute atomic E-state index is 12.4. The maximum atomic E-state index is 12.4. The predicted octanol–water partition coefficient (Wildman–Crippen LogP) is 2.32. The van der Waals surface area contributed by atoms with Crippen LogP contribution in [0.3, 0.4) is 0 Å². The van der Waals surface area contributed by atoms with Crippen molar-refractivity contribution in [1.29, 1.82) is 0 Å². The number of anilines is 1. The van der Waals surface area contributed by atoms with E-state index >= 15 is 0 Å². The standard InChI is InChI=1S/C18H26N6O2/c1-6-13(3)19-17(25)14-7-8-16(12(2)9-14)20-18(26)23(4)10-15-11-24(5)22-21-15/h7-9,11,13H,6,10H2,1-5H3,(H,19,25)(H,20,26). The van der Waals surface area contributed by atoms with Crippen molar-refractivity contribution in [3.05, 3.63) is 41.2 Å². The highest BCUT2D eigenvalue weighted by atomic mass is 16.2. The summed E-state index contributed by atoms with van der Waals surface area (Å²) in [6.07, 6.45) is 2.64. The summed E-state index contributed by atoms with van der Waals surface area (Å²) in [6.45, 7) is 6.20. The van der Waals surface area contributed by atoms with Crippen molar-refractivity contribution in [3.8, 4) is 0 Å². The third-order valence-corrected chi connectivity index (χ3v) is 4.12. The van der Waals surface area contributed by atoms with E-state index in [9.17, 15) is 9.59 Å². The summed E-state index contributed by atoms with van der Waals surface area (Å²) in [5.41, 5.74) is 2.77. The Hall–Kier alpha value is -2.90. The van der Waals surface area contributed by atoms with E-state index in [0.717, 1.165) is 12.0 Å². The van der Waals surface area contributed by atoms with E-state index in [1.807, 2.05) is 20.8 Å². The first-order valence-electron chi connectivity index (χ1n) is 8.59. The van der Waals surface area contributed by atoms with Gasteiger partial charge in [-0.3, -0.25) is 9.48 Å². The van der Waals surface area contributed by atoms with E-state index in [1.165, 1.54) is 4.90 Å². The molecule has 0 saturated heterocycles. The van der Waals surface area contributed by atoms with Crippen LogP contribution in [0, 0.1) is 6.92 Å². The van der Waals surface area contributed by atoms with Crippen LogP contribution in [0.1, 0.15) is 41.9 Å². The molecule has 0 spiro atoms. The number of nitrogens with zero attached hydrogens (tertiary/aromatic N) is 4. The molecule has 1 aromatic heterocycles. The monoisotopic (exact) mass is 358 g/mol. The fraction of sp³-hybridized carbons (Fsp3) is 0.444. The zero-order chi connectivity index (χ0) is 19.3. The first-order chi connectivity index (χ1) is 12.3. The molecule has 1 aromatic carbocycles. The minimum absolute atomic E-state index is 0.111. The Morgan fingerprint density at radius 3 is 2.65 bits per heavy atom. The molecule has 1 unspecified atom stereocenters. The molecule has 2 N–H and O–H groups in total. The molecule has 140 valence electrons. The van der Waals surface area contributed by atoms with Crippen molar-refractivity contribution in [1.82, 2.24) is 25.2 Å². The smallest absolute Gasteiger partial charge is 0.321 e. The van der Waals surface area contributed by atoms with Gasteiger partial charge in [0.25, 0.3) is 5.91 Å². The molecule has 0 aliphatic carbocycles. The molecule has 26 heavy (non-hydrogen) atoms. The minimum Gasteiger partial charge on any atom is -0.350 e. The first-order valence-corrected chi connectivity index (χ1v) is 8.59. The second-order valence-electron chi connectivity index (χ2n) is 6.48. The van der Waals surface area contributed by atoms with Gasteiger partial charge >= 0.3 is 6.03 Å². The number of amides is 3. The molecule has 8 heteroatoms. The molecule has 8 nitrogen and oxygen atoms in total. The first kappa shape index (κ1) is 19.4. The van der Waals surface area contributed by atoms with Gasteiger partial charge in [-0.15, -0.1) is 5.10 Å². The maximum Gasteiger partial charge on any atom is 0.321 e. The fourth-order valence-corrected chi connectivity index (χ4v) is 2.35. The Morgan fingerprint density at radius 2 is 2.08 bits per heavy atom. The number of urea groups is 1. The molecule has 0 saturated carbocycles. The van der Waals surface area contributed by atoms with Gasteiger partial charge in [-0.25, -0.2) is 4.79 Å². The van der Waals surface area contributed by atoms with Gasteiger partial charge in [0.2, 0.25) is 0 Å². The molecule has 2 aromatic rings. The zero-order valence-electron chi connectivity index (χ0n) is 15.9. The van der Waals surface area contributed by atoms with Gasteiger partial charge in [0.05, 0.1) is 6.54 Å². The summed E-state index contributed by atoms with van der Waals surface area (Å²) in [7, 11) is 3.46. The molecule has 0 fully saturated rings. The SMILES string of the molecule is CCC(C)NC(=O)c1ccc(NC(=O)N(C)Cc2cn(C)nn2)c(C)c1. The predicted molar refractivity (Wildman–Crippen MR) is 99.9 cm³/mol. The third-order valence-electron chi connectivity index (χ3n) is 4.12. The largest absolute Gasteiger partial charge is 0.350 e. The summed E-state index contributed by atoms with van der Waals surface area (Å²) in [5, 5.41) is 13.6. The van der Waals surface area contributed by atoms with Crippen LogP contribution in [-0.2, 0) is 13.6 Å². The number of nitrogens with one attached hydrogen (secondary N) is 2. The Kier molecular flexibility index (Phi) is 6.32. The number of rotatable bonds is 6. The topological polar surface area (TPSA) is 92.2 Å². The summed E-state index contributed by atoms with van der Waals surface area (Å²) in [5.74, 6) is -0.111. The van der Waals surface area contributed by atoms with E-state index in [1.54, 1.807) is 43.2 Å². The minimum atomic E-state index is -0.254. The van der Waals surface area contributed by atoms with Gasteiger partial charge in [-0.1, -0.05) is 12.1 Å². The molecule has 0 aliphatic rings.